The number of aromatic nitrogens is 2. The summed E-state index contributed by atoms with van der Waals surface area (Å²) in [5.41, 5.74) is 2.35. The Morgan fingerprint density at radius 1 is 1.37 bits per heavy atom. The highest BCUT2D eigenvalue weighted by atomic mass is 79.9. The van der Waals surface area contributed by atoms with Gasteiger partial charge in [0.2, 0.25) is 0 Å². The number of nitrogens with zero attached hydrogens (tertiary/aromatic N) is 3. The Morgan fingerprint density at radius 3 is 2.47 bits per heavy atom. The molecular weight excluding hydrogens is 304 g/mol. The number of hydrogen-bond acceptors (Lipinski definition) is 3. The van der Waals surface area contributed by atoms with Gasteiger partial charge < -0.3 is 5.32 Å². The van der Waals surface area contributed by atoms with Gasteiger partial charge >= 0.3 is 0 Å². The summed E-state index contributed by atoms with van der Waals surface area (Å²) in [6.07, 6.45) is 5.15. The molecule has 0 spiro atoms. The minimum Gasteiger partial charge on any atom is -0.317 e. The summed E-state index contributed by atoms with van der Waals surface area (Å²) < 4.78 is 3.15. The van der Waals surface area contributed by atoms with Gasteiger partial charge in [0.1, 0.15) is 0 Å². The molecule has 0 saturated heterocycles. The average Bonchev–Trinajstić information content (AvgIpc) is 2.65. The molecule has 1 aromatic heterocycles. The van der Waals surface area contributed by atoms with Crippen LogP contribution in [0.3, 0.4) is 0 Å². The van der Waals surface area contributed by atoms with Crippen molar-refractivity contribution in [2.45, 2.75) is 51.2 Å². The van der Waals surface area contributed by atoms with E-state index in [1.165, 1.54) is 31.4 Å². The first-order chi connectivity index (χ1) is 9.02. The Balaban J connectivity index is 1.96. The van der Waals surface area contributed by atoms with Crippen LogP contribution in [0.4, 0.5) is 0 Å². The van der Waals surface area contributed by atoms with Crippen LogP contribution in [0.5, 0.6) is 0 Å². The molecule has 0 radical (unpaired) electrons. The summed E-state index contributed by atoms with van der Waals surface area (Å²) >= 11 is 3.65. The van der Waals surface area contributed by atoms with Crippen molar-refractivity contribution >= 4 is 15.9 Å². The molecule has 1 aliphatic carbocycles. The van der Waals surface area contributed by atoms with Gasteiger partial charge in [-0.2, -0.15) is 5.10 Å². The maximum atomic E-state index is 4.47. The third-order valence-corrected chi connectivity index (χ3v) is 5.42. The van der Waals surface area contributed by atoms with E-state index < -0.39 is 0 Å². The standard InChI is InChI=1S/C14H25BrN4/c1-10-14(15)13(19(4)17-10)9-18(3)12-7-5-11(16-2)6-8-12/h11-12,16H,5-9H2,1-4H3. The van der Waals surface area contributed by atoms with Crippen LogP contribution in [-0.2, 0) is 13.6 Å². The van der Waals surface area contributed by atoms with E-state index in [9.17, 15) is 0 Å². The summed E-state index contributed by atoms with van der Waals surface area (Å²) in [7, 11) is 6.34. The van der Waals surface area contributed by atoms with E-state index in [1.54, 1.807) is 0 Å². The average molecular weight is 329 g/mol. The second kappa shape index (κ2) is 6.37. The van der Waals surface area contributed by atoms with Crippen LogP contribution < -0.4 is 5.32 Å². The Kier molecular flexibility index (Phi) is 5.03. The molecule has 108 valence electrons. The second-order valence-corrected chi connectivity index (χ2v) is 6.47. The smallest absolute Gasteiger partial charge is 0.0739 e. The van der Waals surface area contributed by atoms with Gasteiger partial charge in [0.05, 0.1) is 15.9 Å². The summed E-state index contributed by atoms with van der Waals surface area (Å²) in [4.78, 5) is 2.48. The lowest BCUT2D eigenvalue weighted by atomic mass is 9.90. The van der Waals surface area contributed by atoms with E-state index in [0.29, 0.717) is 6.04 Å². The first-order valence-electron chi connectivity index (χ1n) is 7.08. The molecule has 0 aromatic carbocycles. The lowest BCUT2D eigenvalue weighted by molar-refractivity contribution is 0.166. The fraction of sp³-hybridized carbons (Fsp3) is 0.786. The fourth-order valence-corrected chi connectivity index (χ4v) is 3.48. The molecule has 2 rings (SSSR count). The van der Waals surface area contributed by atoms with Gasteiger partial charge in [0.25, 0.3) is 0 Å². The van der Waals surface area contributed by atoms with Crippen molar-refractivity contribution in [3.8, 4) is 0 Å². The first-order valence-corrected chi connectivity index (χ1v) is 7.87. The van der Waals surface area contributed by atoms with Crippen LogP contribution in [0.15, 0.2) is 4.47 Å². The molecule has 1 aliphatic rings. The number of hydrogen-bond donors (Lipinski definition) is 1. The predicted molar refractivity (Wildman–Crippen MR) is 82.2 cm³/mol. The van der Waals surface area contributed by atoms with Gasteiger partial charge in [-0.1, -0.05) is 0 Å². The molecule has 0 aliphatic heterocycles. The number of rotatable bonds is 4. The lowest BCUT2D eigenvalue weighted by Crippen LogP contribution is -2.39. The quantitative estimate of drug-likeness (QED) is 0.921. The van der Waals surface area contributed by atoms with Gasteiger partial charge in [0.15, 0.2) is 0 Å². The third-order valence-electron chi connectivity index (χ3n) is 4.39. The van der Waals surface area contributed by atoms with Crippen molar-refractivity contribution in [1.82, 2.24) is 20.0 Å². The number of halogens is 1. The molecule has 0 bridgehead atoms. The zero-order valence-electron chi connectivity index (χ0n) is 12.4. The van der Waals surface area contributed by atoms with E-state index in [2.05, 4.69) is 45.3 Å². The van der Waals surface area contributed by atoms with E-state index in [-0.39, 0.29) is 0 Å². The first kappa shape index (κ1) is 15.0. The SMILES string of the molecule is CNC1CCC(N(C)Cc2c(Br)c(C)nn2C)CC1. The van der Waals surface area contributed by atoms with Gasteiger partial charge in [-0.25, -0.2) is 0 Å². The summed E-state index contributed by atoms with van der Waals surface area (Å²) in [5, 5.41) is 7.86. The van der Waals surface area contributed by atoms with Crippen molar-refractivity contribution in [2.24, 2.45) is 7.05 Å². The Labute approximate surface area is 124 Å². The maximum absolute atomic E-state index is 4.47. The lowest BCUT2D eigenvalue weighted by Gasteiger charge is -2.34. The van der Waals surface area contributed by atoms with E-state index >= 15 is 0 Å². The Hall–Kier alpha value is -0.390. The van der Waals surface area contributed by atoms with Gasteiger partial charge in [-0.15, -0.1) is 0 Å². The molecule has 1 N–H and O–H groups in total. The Morgan fingerprint density at radius 2 is 2.00 bits per heavy atom. The third kappa shape index (κ3) is 3.38. The van der Waals surface area contributed by atoms with E-state index in [0.717, 1.165) is 22.8 Å². The largest absolute Gasteiger partial charge is 0.317 e. The zero-order valence-corrected chi connectivity index (χ0v) is 14.0. The van der Waals surface area contributed by atoms with Crippen LogP contribution in [0.2, 0.25) is 0 Å². The normalized spacial score (nSPS) is 24.1. The minimum atomic E-state index is 0.701. The second-order valence-electron chi connectivity index (χ2n) is 5.68. The van der Waals surface area contributed by atoms with Gasteiger partial charge in [-0.05, 0) is 62.6 Å². The van der Waals surface area contributed by atoms with Crippen molar-refractivity contribution in [3.05, 3.63) is 15.9 Å². The van der Waals surface area contributed by atoms with Crippen LogP contribution in [0, 0.1) is 6.92 Å². The van der Waals surface area contributed by atoms with Crippen molar-refractivity contribution in [3.63, 3.8) is 0 Å². The molecule has 4 nitrogen and oxygen atoms in total. The van der Waals surface area contributed by atoms with Crippen LogP contribution >= 0.6 is 15.9 Å². The summed E-state index contributed by atoms with van der Waals surface area (Å²) in [6, 6.07) is 1.42. The molecule has 1 saturated carbocycles. The van der Waals surface area contributed by atoms with E-state index in [1.807, 2.05) is 18.7 Å². The topological polar surface area (TPSA) is 33.1 Å². The minimum absolute atomic E-state index is 0.701. The molecule has 0 amide bonds. The number of aryl methyl sites for hydroxylation is 2. The van der Waals surface area contributed by atoms with Crippen molar-refractivity contribution in [1.29, 1.82) is 0 Å². The molecule has 5 heteroatoms. The van der Waals surface area contributed by atoms with Crippen molar-refractivity contribution < 1.29 is 0 Å². The maximum Gasteiger partial charge on any atom is 0.0739 e. The fourth-order valence-electron chi connectivity index (χ4n) is 3.02. The van der Waals surface area contributed by atoms with Crippen molar-refractivity contribution in [2.75, 3.05) is 14.1 Å². The molecule has 1 fully saturated rings. The monoisotopic (exact) mass is 328 g/mol. The zero-order chi connectivity index (χ0) is 14.0. The molecule has 1 aromatic rings. The van der Waals surface area contributed by atoms with Crippen LogP contribution in [0.1, 0.15) is 37.1 Å². The van der Waals surface area contributed by atoms with Gasteiger partial charge in [-0.3, -0.25) is 9.58 Å². The summed E-state index contributed by atoms with van der Waals surface area (Å²) in [6.45, 7) is 3.01. The number of nitrogens with one attached hydrogen (secondary N) is 1. The predicted octanol–water partition coefficient (Wildman–Crippen LogP) is 2.45. The molecule has 0 unspecified atom stereocenters. The highest BCUT2D eigenvalue weighted by Crippen LogP contribution is 2.26. The molecule has 1 heterocycles. The highest BCUT2D eigenvalue weighted by molar-refractivity contribution is 9.10. The van der Waals surface area contributed by atoms with Gasteiger partial charge in [0, 0.05) is 25.7 Å². The molecule has 19 heavy (non-hydrogen) atoms. The van der Waals surface area contributed by atoms with E-state index in [4.69, 9.17) is 0 Å². The molecular formula is C14H25BrN4. The molecule has 0 atom stereocenters. The summed E-state index contributed by atoms with van der Waals surface area (Å²) in [5.74, 6) is 0. The van der Waals surface area contributed by atoms with Crippen LogP contribution in [-0.4, -0.2) is 40.9 Å². The van der Waals surface area contributed by atoms with Crippen LogP contribution in [0.25, 0.3) is 0 Å². The Bertz CT molecular complexity index is 421. The highest BCUT2D eigenvalue weighted by Gasteiger charge is 2.24.